The molecular formula is C21H38O. The molecule has 0 aliphatic heterocycles. The first-order valence-electron chi connectivity index (χ1n) is 10.3. The van der Waals surface area contributed by atoms with E-state index < -0.39 is 0 Å². The molecule has 4 atom stereocenters. The maximum Gasteiger partial charge on any atom is 0.0574 e. The molecule has 3 rings (SSSR count). The van der Waals surface area contributed by atoms with Crippen LogP contribution >= 0.6 is 0 Å². The molecule has 0 radical (unpaired) electrons. The number of fused-ring (bicyclic) bond motifs is 1. The van der Waals surface area contributed by atoms with Gasteiger partial charge < -0.3 is 4.74 Å². The van der Waals surface area contributed by atoms with Crippen LogP contribution in [0, 0.1) is 29.6 Å². The van der Waals surface area contributed by atoms with Crippen LogP contribution in [-0.4, -0.2) is 13.2 Å². The Morgan fingerprint density at radius 3 is 2.14 bits per heavy atom. The van der Waals surface area contributed by atoms with Crippen molar-refractivity contribution in [2.24, 2.45) is 29.6 Å². The molecule has 0 heterocycles. The van der Waals surface area contributed by atoms with Crippen LogP contribution in [0.1, 0.15) is 90.4 Å². The van der Waals surface area contributed by atoms with Crippen molar-refractivity contribution in [1.29, 1.82) is 0 Å². The van der Waals surface area contributed by atoms with Crippen LogP contribution in [0.25, 0.3) is 0 Å². The van der Waals surface area contributed by atoms with Crippen molar-refractivity contribution >= 4 is 0 Å². The van der Waals surface area contributed by atoms with E-state index in [1.807, 2.05) is 7.11 Å². The van der Waals surface area contributed by atoms with Crippen molar-refractivity contribution < 1.29 is 4.74 Å². The topological polar surface area (TPSA) is 9.23 Å². The summed E-state index contributed by atoms with van der Waals surface area (Å²) in [7, 11) is 1.91. The molecule has 3 fully saturated rings. The molecule has 128 valence electrons. The Bertz CT molecular complexity index is 318. The van der Waals surface area contributed by atoms with E-state index in [1.165, 1.54) is 51.4 Å². The molecule has 3 aliphatic rings. The first-order chi connectivity index (χ1) is 10.8. The summed E-state index contributed by atoms with van der Waals surface area (Å²) in [5.74, 6) is 5.28. The predicted octanol–water partition coefficient (Wildman–Crippen LogP) is 6.21. The lowest BCUT2D eigenvalue weighted by Crippen LogP contribution is -2.25. The van der Waals surface area contributed by atoms with Gasteiger partial charge in [-0.15, -0.1) is 0 Å². The number of hydrogen-bond acceptors (Lipinski definition) is 1. The molecule has 0 aromatic heterocycles. The molecule has 0 aromatic carbocycles. The molecule has 0 aromatic rings. The smallest absolute Gasteiger partial charge is 0.0574 e. The second-order valence-electron chi connectivity index (χ2n) is 8.70. The van der Waals surface area contributed by atoms with Gasteiger partial charge in [0.25, 0.3) is 0 Å². The zero-order valence-corrected chi connectivity index (χ0v) is 15.1. The standard InChI is InChI=1S/C21H38O/c1-3-4-5-6-16-7-9-17(10-8-16)19-13-18-11-12-21(22-2)15-20(18)14-19/h16-21H,3-15H2,1-2H3. The number of hydrogen-bond donors (Lipinski definition) is 0. The monoisotopic (exact) mass is 306 g/mol. The first-order valence-corrected chi connectivity index (χ1v) is 10.3. The number of unbranched alkanes of at least 4 members (excludes halogenated alkanes) is 2. The van der Waals surface area contributed by atoms with Gasteiger partial charge in [-0.05, 0) is 74.5 Å². The molecule has 22 heavy (non-hydrogen) atoms. The maximum atomic E-state index is 5.64. The van der Waals surface area contributed by atoms with Gasteiger partial charge in [-0.3, -0.25) is 0 Å². The predicted molar refractivity (Wildman–Crippen MR) is 93.9 cm³/mol. The van der Waals surface area contributed by atoms with E-state index in [2.05, 4.69) is 6.92 Å². The second-order valence-corrected chi connectivity index (χ2v) is 8.70. The Hall–Kier alpha value is -0.0400. The molecule has 3 aliphatic carbocycles. The van der Waals surface area contributed by atoms with Gasteiger partial charge in [0.05, 0.1) is 6.10 Å². The highest BCUT2D eigenvalue weighted by atomic mass is 16.5. The van der Waals surface area contributed by atoms with Gasteiger partial charge in [0.2, 0.25) is 0 Å². The van der Waals surface area contributed by atoms with Crippen molar-refractivity contribution in [3.05, 3.63) is 0 Å². The van der Waals surface area contributed by atoms with Gasteiger partial charge in [-0.1, -0.05) is 45.4 Å². The molecule has 3 saturated carbocycles. The molecule has 0 bridgehead atoms. The van der Waals surface area contributed by atoms with Gasteiger partial charge in [0.15, 0.2) is 0 Å². The summed E-state index contributed by atoms with van der Waals surface area (Å²) in [6, 6.07) is 0. The van der Waals surface area contributed by atoms with Crippen LogP contribution in [0.3, 0.4) is 0 Å². The number of methoxy groups -OCH3 is 1. The highest BCUT2D eigenvalue weighted by Gasteiger charge is 2.41. The largest absolute Gasteiger partial charge is 0.381 e. The third kappa shape index (κ3) is 4.08. The van der Waals surface area contributed by atoms with E-state index in [0.717, 1.165) is 29.6 Å². The van der Waals surface area contributed by atoms with Crippen molar-refractivity contribution in [3.8, 4) is 0 Å². The van der Waals surface area contributed by atoms with Crippen molar-refractivity contribution in [2.45, 2.75) is 96.5 Å². The fourth-order valence-corrected chi connectivity index (χ4v) is 5.99. The van der Waals surface area contributed by atoms with Gasteiger partial charge in [-0.2, -0.15) is 0 Å². The quantitative estimate of drug-likeness (QED) is 0.530. The van der Waals surface area contributed by atoms with Crippen LogP contribution in [0.4, 0.5) is 0 Å². The van der Waals surface area contributed by atoms with E-state index in [-0.39, 0.29) is 0 Å². The Morgan fingerprint density at radius 2 is 1.41 bits per heavy atom. The van der Waals surface area contributed by atoms with Crippen molar-refractivity contribution in [3.63, 3.8) is 0 Å². The Kier molecular flexibility index (Phi) is 6.24. The van der Waals surface area contributed by atoms with E-state index in [4.69, 9.17) is 4.74 Å². The average molecular weight is 307 g/mol. The lowest BCUT2D eigenvalue weighted by atomic mass is 9.73. The molecule has 0 spiro atoms. The van der Waals surface area contributed by atoms with Gasteiger partial charge in [0.1, 0.15) is 0 Å². The minimum atomic E-state index is 0.578. The SMILES string of the molecule is CCCCCC1CCC(C2CC3CCC(OC)CC3C2)CC1. The summed E-state index contributed by atoms with van der Waals surface area (Å²) in [5, 5.41) is 0. The highest BCUT2D eigenvalue weighted by molar-refractivity contribution is 4.92. The van der Waals surface area contributed by atoms with E-state index in [0.29, 0.717) is 6.10 Å². The molecule has 0 N–H and O–H groups in total. The van der Waals surface area contributed by atoms with E-state index in [1.54, 1.807) is 32.1 Å². The third-order valence-electron chi connectivity index (χ3n) is 7.41. The summed E-state index contributed by atoms with van der Waals surface area (Å²) in [6.45, 7) is 2.32. The lowest BCUT2D eigenvalue weighted by molar-refractivity contribution is 0.0366. The van der Waals surface area contributed by atoms with E-state index in [9.17, 15) is 0 Å². The summed E-state index contributed by atoms with van der Waals surface area (Å²) in [4.78, 5) is 0. The Morgan fingerprint density at radius 1 is 0.727 bits per heavy atom. The molecule has 0 amide bonds. The van der Waals surface area contributed by atoms with Crippen LogP contribution in [0.2, 0.25) is 0 Å². The van der Waals surface area contributed by atoms with Gasteiger partial charge in [-0.25, -0.2) is 0 Å². The summed E-state index contributed by atoms with van der Waals surface area (Å²) in [5.41, 5.74) is 0. The summed E-state index contributed by atoms with van der Waals surface area (Å²) in [6.07, 6.45) is 19.8. The molecule has 0 saturated heterocycles. The van der Waals surface area contributed by atoms with Crippen LogP contribution in [-0.2, 0) is 4.74 Å². The number of rotatable bonds is 6. The van der Waals surface area contributed by atoms with Crippen molar-refractivity contribution in [1.82, 2.24) is 0 Å². The Balaban J connectivity index is 1.41. The zero-order chi connectivity index (χ0) is 15.4. The zero-order valence-electron chi connectivity index (χ0n) is 15.1. The van der Waals surface area contributed by atoms with Gasteiger partial charge in [0, 0.05) is 7.11 Å². The lowest BCUT2D eigenvalue weighted by Gasteiger charge is -2.32. The van der Waals surface area contributed by atoms with E-state index >= 15 is 0 Å². The van der Waals surface area contributed by atoms with Crippen LogP contribution in [0.5, 0.6) is 0 Å². The van der Waals surface area contributed by atoms with Crippen LogP contribution < -0.4 is 0 Å². The minimum Gasteiger partial charge on any atom is -0.381 e. The maximum absolute atomic E-state index is 5.64. The second kappa shape index (κ2) is 8.18. The van der Waals surface area contributed by atoms with Crippen molar-refractivity contribution in [2.75, 3.05) is 7.11 Å². The Labute approximate surface area is 138 Å². The normalized spacial score (nSPS) is 42.3. The summed E-state index contributed by atoms with van der Waals surface area (Å²) < 4.78 is 5.64. The third-order valence-corrected chi connectivity index (χ3v) is 7.41. The fraction of sp³-hybridized carbons (Fsp3) is 1.00. The summed E-state index contributed by atoms with van der Waals surface area (Å²) >= 11 is 0. The first kappa shape index (κ1) is 16.8. The average Bonchev–Trinajstić information content (AvgIpc) is 2.98. The molecule has 1 heteroatoms. The number of ether oxygens (including phenoxy) is 1. The minimum absolute atomic E-state index is 0.578. The van der Waals surface area contributed by atoms with Gasteiger partial charge >= 0.3 is 0 Å². The highest BCUT2D eigenvalue weighted by Crippen LogP contribution is 2.51. The fourth-order valence-electron chi connectivity index (χ4n) is 5.99. The molecular weight excluding hydrogens is 268 g/mol. The van der Waals surface area contributed by atoms with Crippen LogP contribution in [0.15, 0.2) is 0 Å². The molecule has 4 unspecified atom stereocenters. The molecule has 1 nitrogen and oxygen atoms in total.